The lowest BCUT2D eigenvalue weighted by molar-refractivity contribution is 0.00562. The third kappa shape index (κ3) is 2.25. The zero-order valence-electron chi connectivity index (χ0n) is 10.9. The van der Waals surface area contributed by atoms with E-state index in [0.29, 0.717) is 0 Å². The Balaban J connectivity index is 1.71. The second kappa shape index (κ2) is 4.56. The van der Waals surface area contributed by atoms with Crippen molar-refractivity contribution >= 4 is 5.69 Å². The molecule has 3 heteroatoms. The summed E-state index contributed by atoms with van der Waals surface area (Å²) in [7, 11) is 0. The average Bonchev–Trinajstić information content (AvgIpc) is 2.76. The zero-order chi connectivity index (χ0) is 12.6. The lowest BCUT2D eigenvalue weighted by atomic mass is 9.95. The van der Waals surface area contributed by atoms with E-state index in [-0.39, 0.29) is 0 Å². The van der Waals surface area contributed by atoms with Gasteiger partial charge in [0.2, 0.25) is 0 Å². The minimum absolute atomic E-state index is 0.433. The molecule has 1 saturated carbocycles. The highest BCUT2D eigenvalue weighted by Crippen LogP contribution is 2.32. The second-order valence-electron chi connectivity index (χ2n) is 5.88. The van der Waals surface area contributed by atoms with Gasteiger partial charge in [-0.15, -0.1) is 0 Å². The molecule has 0 saturated heterocycles. The van der Waals surface area contributed by atoms with Crippen LogP contribution in [0, 0.1) is 0 Å². The van der Waals surface area contributed by atoms with E-state index in [1.807, 2.05) is 12.1 Å². The first-order valence-corrected chi connectivity index (χ1v) is 6.97. The fourth-order valence-electron chi connectivity index (χ4n) is 3.44. The summed E-state index contributed by atoms with van der Waals surface area (Å²) in [5.74, 6) is 0. The van der Waals surface area contributed by atoms with Gasteiger partial charge in [-0.05, 0) is 36.5 Å². The molecule has 98 valence electrons. The molecule has 0 radical (unpaired) electrons. The SMILES string of the molecule is Nc1cccc2c1CCN(CC1(O)CCCC1)C2. The molecule has 2 aliphatic rings. The number of nitrogens with two attached hydrogens (primary N) is 1. The molecule has 0 bridgehead atoms. The number of hydrogen-bond donors (Lipinski definition) is 2. The summed E-state index contributed by atoms with van der Waals surface area (Å²) in [5, 5.41) is 10.5. The van der Waals surface area contributed by atoms with Crippen LogP contribution in [-0.2, 0) is 13.0 Å². The van der Waals surface area contributed by atoms with Crippen molar-refractivity contribution in [3.63, 3.8) is 0 Å². The molecule has 0 atom stereocenters. The van der Waals surface area contributed by atoms with Crippen molar-refractivity contribution in [1.82, 2.24) is 4.90 Å². The summed E-state index contributed by atoms with van der Waals surface area (Å²) in [6, 6.07) is 6.18. The number of benzene rings is 1. The molecule has 1 aliphatic heterocycles. The molecule has 0 spiro atoms. The van der Waals surface area contributed by atoms with Gasteiger partial charge in [-0.3, -0.25) is 4.90 Å². The molecule has 0 unspecified atom stereocenters. The fourth-order valence-corrected chi connectivity index (χ4v) is 3.44. The minimum atomic E-state index is -0.433. The molecule has 1 heterocycles. The highest BCUT2D eigenvalue weighted by Gasteiger charge is 2.33. The van der Waals surface area contributed by atoms with Crippen LogP contribution in [0.25, 0.3) is 0 Å². The molecule has 3 nitrogen and oxygen atoms in total. The molecular formula is C15H22N2O. The van der Waals surface area contributed by atoms with Crippen molar-refractivity contribution in [3.05, 3.63) is 29.3 Å². The third-order valence-electron chi connectivity index (χ3n) is 4.43. The smallest absolute Gasteiger partial charge is 0.0774 e. The van der Waals surface area contributed by atoms with E-state index in [0.717, 1.165) is 44.6 Å². The van der Waals surface area contributed by atoms with E-state index in [2.05, 4.69) is 11.0 Å². The number of nitrogen functional groups attached to an aromatic ring is 1. The Morgan fingerprint density at radius 3 is 2.83 bits per heavy atom. The van der Waals surface area contributed by atoms with Crippen LogP contribution in [-0.4, -0.2) is 28.7 Å². The van der Waals surface area contributed by atoms with Crippen LogP contribution in [0.4, 0.5) is 5.69 Å². The van der Waals surface area contributed by atoms with Gasteiger partial charge in [0.25, 0.3) is 0 Å². The molecule has 1 aromatic rings. The first-order chi connectivity index (χ1) is 8.66. The monoisotopic (exact) mass is 246 g/mol. The third-order valence-corrected chi connectivity index (χ3v) is 4.43. The van der Waals surface area contributed by atoms with Gasteiger partial charge in [0, 0.05) is 25.3 Å². The quantitative estimate of drug-likeness (QED) is 0.784. The highest BCUT2D eigenvalue weighted by molar-refractivity contribution is 5.51. The Kier molecular flexibility index (Phi) is 3.04. The first kappa shape index (κ1) is 12.0. The second-order valence-corrected chi connectivity index (χ2v) is 5.88. The predicted molar refractivity (Wildman–Crippen MR) is 73.3 cm³/mol. The minimum Gasteiger partial charge on any atom is -0.398 e. The standard InChI is InChI=1S/C15H22N2O/c16-14-5-3-4-12-10-17(9-6-13(12)14)11-15(18)7-1-2-8-15/h3-5,18H,1-2,6-11,16H2. The van der Waals surface area contributed by atoms with Crippen molar-refractivity contribution in [2.45, 2.75) is 44.2 Å². The van der Waals surface area contributed by atoms with Crippen LogP contribution in [0.3, 0.4) is 0 Å². The van der Waals surface area contributed by atoms with Crippen molar-refractivity contribution in [1.29, 1.82) is 0 Å². The van der Waals surface area contributed by atoms with Gasteiger partial charge >= 0.3 is 0 Å². The molecule has 0 amide bonds. The zero-order valence-corrected chi connectivity index (χ0v) is 10.9. The Hall–Kier alpha value is -1.06. The van der Waals surface area contributed by atoms with Gasteiger partial charge < -0.3 is 10.8 Å². The van der Waals surface area contributed by atoms with E-state index >= 15 is 0 Å². The maximum absolute atomic E-state index is 10.5. The van der Waals surface area contributed by atoms with Crippen LogP contribution >= 0.6 is 0 Å². The van der Waals surface area contributed by atoms with E-state index < -0.39 is 5.60 Å². The summed E-state index contributed by atoms with van der Waals surface area (Å²) in [4.78, 5) is 2.38. The number of nitrogens with zero attached hydrogens (tertiary/aromatic N) is 1. The van der Waals surface area contributed by atoms with E-state index in [4.69, 9.17) is 5.73 Å². The molecule has 1 aromatic carbocycles. The average molecular weight is 246 g/mol. The van der Waals surface area contributed by atoms with E-state index in [9.17, 15) is 5.11 Å². The van der Waals surface area contributed by atoms with Gasteiger partial charge in [-0.2, -0.15) is 0 Å². The van der Waals surface area contributed by atoms with Gasteiger partial charge in [0.15, 0.2) is 0 Å². The van der Waals surface area contributed by atoms with Crippen LogP contribution in [0.2, 0.25) is 0 Å². The van der Waals surface area contributed by atoms with E-state index in [1.54, 1.807) is 0 Å². The molecule has 3 rings (SSSR count). The van der Waals surface area contributed by atoms with Crippen molar-refractivity contribution < 1.29 is 5.11 Å². The van der Waals surface area contributed by atoms with Crippen molar-refractivity contribution in [3.8, 4) is 0 Å². The fraction of sp³-hybridized carbons (Fsp3) is 0.600. The van der Waals surface area contributed by atoms with Gasteiger partial charge in [0.05, 0.1) is 5.60 Å². The van der Waals surface area contributed by atoms with Crippen LogP contribution in [0.1, 0.15) is 36.8 Å². The summed E-state index contributed by atoms with van der Waals surface area (Å²) in [6.45, 7) is 2.77. The van der Waals surface area contributed by atoms with Gasteiger partial charge in [-0.25, -0.2) is 0 Å². The topological polar surface area (TPSA) is 49.5 Å². The maximum Gasteiger partial charge on any atom is 0.0774 e. The maximum atomic E-state index is 10.5. The highest BCUT2D eigenvalue weighted by atomic mass is 16.3. The number of anilines is 1. The van der Waals surface area contributed by atoms with Crippen molar-refractivity contribution in [2.24, 2.45) is 0 Å². The molecule has 1 aliphatic carbocycles. The first-order valence-electron chi connectivity index (χ1n) is 6.97. The number of β-amino-alcohol motifs (C(OH)–C–C–N with tert-alkyl or cyclic N) is 1. The summed E-state index contributed by atoms with van der Waals surface area (Å²) in [6.07, 6.45) is 5.29. The molecule has 18 heavy (non-hydrogen) atoms. The summed E-state index contributed by atoms with van der Waals surface area (Å²) in [5.41, 5.74) is 9.15. The Labute approximate surface area is 109 Å². The molecule has 3 N–H and O–H groups in total. The molecular weight excluding hydrogens is 224 g/mol. The Morgan fingerprint density at radius 2 is 2.06 bits per heavy atom. The number of rotatable bonds is 2. The Bertz CT molecular complexity index is 438. The van der Waals surface area contributed by atoms with Crippen LogP contribution in [0.15, 0.2) is 18.2 Å². The van der Waals surface area contributed by atoms with Gasteiger partial charge in [-0.1, -0.05) is 25.0 Å². The summed E-state index contributed by atoms with van der Waals surface area (Å²) < 4.78 is 0. The van der Waals surface area contributed by atoms with Crippen molar-refractivity contribution in [2.75, 3.05) is 18.8 Å². The molecule has 0 aromatic heterocycles. The van der Waals surface area contributed by atoms with Crippen LogP contribution in [0.5, 0.6) is 0 Å². The van der Waals surface area contributed by atoms with Gasteiger partial charge in [0.1, 0.15) is 0 Å². The predicted octanol–water partition coefficient (Wildman–Crippen LogP) is 1.93. The number of fused-ring (bicyclic) bond motifs is 1. The summed E-state index contributed by atoms with van der Waals surface area (Å²) >= 11 is 0. The lowest BCUT2D eigenvalue weighted by Crippen LogP contribution is -2.43. The number of hydrogen-bond acceptors (Lipinski definition) is 3. The van der Waals surface area contributed by atoms with Crippen LogP contribution < -0.4 is 5.73 Å². The molecule has 1 fully saturated rings. The normalized spacial score (nSPS) is 22.9. The van der Waals surface area contributed by atoms with E-state index in [1.165, 1.54) is 24.0 Å². The Morgan fingerprint density at radius 1 is 1.28 bits per heavy atom. The lowest BCUT2D eigenvalue weighted by Gasteiger charge is -2.35. The largest absolute Gasteiger partial charge is 0.398 e. The number of aliphatic hydroxyl groups is 1.